The zero-order valence-corrected chi connectivity index (χ0v) is 14.1. The van der Waals surface area contributed by atoms with Crippen LogP contribution in [0.5, 0.6) is 5.75 Å². The molecule has 0 bridgehead atoms. The summed E-state index contributed by atoms with van der Waals surface area (Å²) < 4.78 is 7.76. The highest BCUT2D eigenvalue weighted by Crippen LogP contribution is 2.23. The van der Waals surface area contributed by atoms with E-state index in [9.17, 15) is 0 Å². The maximum absolute atomic E-state index is 5.90. The minimum absolute atomic E-state index is 0.503. The zero-order valence-electron chi connectivity index (χ0n) is 14.1. The van der Waals surface area contributed by atoms with Crippen molar-refractivity contribution in [1.82, 2.24) is 14.8 Å². The van der Waals surface area contributed by atoms with Gasteiger partial charge >= 0.3 is 0 Å². The van der Waals surface area contributed by atoms with Gasteiger partial charge in [0.25, 0.3) is 0 Å². The Morgan fingerprint density at radius 1 is 1.29 bits per heavy atom. The molecule has 3 aromatic rings. The molecule has 1 atom stereocenters. The van der Waals surface area contributed by atoms with E-state index in [4.69, 9.17) is 9.72 Å². The Labute approximate surface area is 141 Å². The summed E-state index contributed by atoms with van der Waals surface area (Å²) >= 11 is 0. The highest BCUT2D eigenvalue weighted by atomic mass is 16.5. The molecule has 24 heavy (non-hydrogen) atoms. The normalized spacial score (nSPS) is 16.7. The van der Waals surface area contributed by atoms with Gasteiger partial charge in [0.05, 0.1) is 18.3 Å². The summed E-state index contributed by atoms with van der Waals surface area (Å²) in [5.74, 6) is 1.92. The Kier molecular flexibility index (Phi) is 3.84. The first-order chi connectivity index (χ1) is 11.7. The molecule has 1 unspecified atom stereocenters. The number of rotatable bonds is 4. The van der Waals surface area contributed by atoms with E-state index < -0.39 is 0 Å². The van der Waals surface area contributed by atoms with Gasteiger partial charge in [0, 0.05) is 30.6 Å². The first-order valence-electron chi connectivity index (χ1n) is 8.49. The van der Waals surface area contributed by atoms with Gasteiger partial charge in [-0.2, -0.15) is 5.10 Å². The molecule has 124 valence electrons. The fourth-order valence-corrected chi connectivity index (χ4v) is 3.18. The molecule has 1 aliphatic heterocycles. The van der Waals surface area contributed by atoms with Crippen molar-refractivity contribution < 1.29 is 4.74 Å². The van der Waals surface area contributed by atoms with Gasteiger partial charge in [0.15, 0.2) is 0 Å². The Hall–Kier alpha value is -2.56. The van der Waals surface area contributed by atoms with E-state index in [1.54, 1.807) is 0 Å². The predicted molar refractivity (Wildman–Crippen MR) is 95.6 cm³/mol. The maximum Gasteiger partial charge on any atom is 0.129 e. The third-order valence-corrected chi connectivity index (χ3v) is 4.61. The number of anilines is 1. The molecule has 0 spiro atoms. The number of ether oxygens (including phenoxy) is 1. The molecular weight excluding hydrogens is 300 g/mol. The van der Waals surface area contributed by atoms with Crippen molar-refractivity contribution >= 4 is 16.7 Å². The fourth-order valence-electron chi connectivity index (χ4n) is 3.18. The lowest BCUT2D eigenvalue weighted by atomic mass is 10.0. The van der Waals surface area contributed by atoms with Gasteiger partial charge in [-0.25, -0.2) is 4.98 Å². The molecular formula is C19H22N4O. The number of nitrogens with zero attached hydrogens (tertiary/aromatic N) is 3. The molecule has 0 saturated heterocycles. The second-order valence-corrected chi connectivity index (χ2v) is 6.48. The zero-order chi connectivity index (χ0) is 16.5. The van der Waals surface area contributed by atoms with Gasteiger partial charge in [0.1, 0.15) is 11.6 Å². The summed E-state index contributed by atoms with van der Waals surface area (Å²) in [5, 5.41) is 8.82. The van der Waals surface area contributed by atoms with Gasteiger partial charge in [-0.05, 0) is 49.6 Å². The number of nitrogens with one attached hydrogen (secondary N) is 1. The van der Waals surface area contributed by atoms with Gasteiger partial charge in [-0.1, -0.05) is 6.07 Å². The van der Waals surface area contributed by atoms with Crippen LogP contribution in [-0.4, -0.2) is 27.4 Å². The number of benzene rings is 1. The Morgan fingerprint density at radius 3 is 3.12 bits per heavy atom. The maximum atomic E-state index is 5.90. The highest BCUT2D eigenvalue weighted by molar-refractivity contribution is 5.80. The van der Waals surface area contributed by atoms with Crippen LogP contribution in [0.25, 0.3) is 10.9 Å². The quantitative estimate of drug-likeness (QED) is 0.800. The van der Waals surface area contributed by atoms with Crippen LogP contribution in [-0.2, 0) is 19.9 Å². The molecule has 1 N–H and O–H groups in total. The topological polar surface area (TPSA) is 52.0 Å². The highest BCUT2D eigenvalue weighted by Gasteiger charge is 2.15. The smallest absolute Gasteiger partial charge is 0.129 e. The van der Waals surface area contributed by atoms with Gasteiger partial charge < -0.3 is 10.1 Å². The average molecular weight is 322 g/mol. The molecule has 0 saturated carbocycles. The van der Waals surface area contributed by atoms with Crippen LogP contribution in [0.4, 0.5) is 5.82 Å². The molecule has 2 aromatic heterocycles. The van der Waals surface area contributed by atoms with Crippen molar-refractivity contribution in [3.05, 3.63) is 47.8 Å². The molecule has 1 aromatic carbocycles. The van der Waals surface area contributed by atoms with Crippen LogP contribution in [0.1, 0.15) is 24.6 Å². The number of aromatic nitrogens is 3. The van der Waals surface area contributed by atoms with Gasteiger partial charge in [-0.3, -0.25) is 4.68 Å². The summed E-state index contributed by atoms with van der Waals surface area (Å²) in [4.78, 5) is 4.74. The monoisotopic (exact) mass is 322 g/mol. The Morgan fingerprint density at radius 2 is 2.21 bits per heavy atom. The SMILES string of the molecule is CC1CCc2ccc(CCOc3ccc4c(cnn4C)c3)nc2N1. The lowest BCUT2D eigenvalue weighted by molar-refractivity contribution is 0.321. The number of hydrogen-bond acceptors (Lipinski definition) is 4. The van der Waals surface area contributed by atoms with Gasteiger partial charge in [0.2, 0.25) is 0 Å². The van der Waals surface area contributed by atoms with E-state index in [-0.39, 0.29) is 0 Å². The van der Waals surface area contributed by atoms with Gasteiger partial charge in [-0.15, -0.1) is 0 Å². The van der Waals surface area contributed by atoms with E-state index in [1.165, 1.54) is 12.0 Å². The molecule has 0 fully saturated rings. The molecule has 5 nitrogen and oxygen atoms in total. The lowest BCUT2D eigenvalue weighted by Crippen LogP contribution is -2.23. The summed E-state index contributed by atoms with van der Waals surface area (Å²) in [6.45, 7) is 2.82. The third-order valence-electron chi connectivity index (χ3n) is 4.61. The van der Waals surface area contributed by atoms with E-state index in [0.29, 0.717) is 12.6 Å². The summed E-state index contributed by atoms with van der Waals surface area (Å²) in [7, 11) is 1.94. The molecule has 0 radical (unpaired) electrons. The average Bonchev–Trinajstić information content (AvgIpc) is 2.95. The second-order valence-electron chi connectivity index (χ2n) is 6.48. The number of pyridine rings is 1. The van der Waals surface area contributed by atoms with Crippen LogP contribution in [0, 0.1) is 0 Å². The molecule has 3 heterocycles. The first kappa shape index (κ1) is 15.0. The van der Waals surface area contributed by atoms with Crippen LogP contribution in [0.3, 0.4) is 0 Å². The number of hydrogen-bond donors (Lipinski definition) is 1. The minimum Gasteiger partial charge on any atom is -0.493 e. The summed E-state index contributed by atoms with van der Waals surface area (Å²) in [5.41, 5.74) is 3.50. The van der Waals surface area contributed by atoms with Crippen molar-refractivity contribution in [3.8, 4) is 5.75 Å². The van der Waals surface area contributed by atoms with Crippen LogP contribution in [0.15, 0.2) is 36.5 Å². The summed E-state index contributed by atoms with van der Waals surface area (Å²) in [6, 6.07) is 10.9. The van der Waals surface area contributed by atoms with Crippen LogP contribution in [0.2, 0.25) is 0 Å². The van der Waals surface area contributed by atoms with Crippen molar-refractivity contribution in [2.75, 3.05) is 11.9 Å². The standard InChI is InChI=1S/C19H22N4O/c1-13-3-4-14-5-6-16(22-19(14)21-13)9-10-24-17-7-8-18-15(11-17)12-20-23(18)2/h5-8,11-13H,3-4,9-10H2,1-2H3,(H,21,22). The van der Waals surface area contributed by atoms with E-state index in [0.717, 1.165) is 41.0 Å². The number of aryl methyl sites for hydroxylation is 2. The summed E-state index contributed by atoms with van der Waals surface area (Å²) in [6.07, 6.45) is 4.95. The number of fused-ring (bicyclic) bond motifs is 2. The molecule has 4 rings (SSSR count). The van der Waals surface area contributed by atoms with Crippen LogP contribution < -0.4 is 10.1 Å². The Balaban J connectivity index is 1.40. The Bertz CT molecular complexity index is 871. The predicted octanol–water partition coefficient (Wildman–Crippen LogP) is 3.34. The van der Waals surface area contributed by atoms with Crippen LogP contribution >= 0.6 is 0 Å². The molecule has 0 aliphatic carbocycles. The fraction of sp³-hybridized carbons (Fsp3) is 0.368. The van der Waals surface area contributed by atoms with Crippen molar-refractivity contribution in [2.24, 2.45) is 7.05 Å². The minimum atomic E-state index is 0.503. The van der Waals surface area contributed by atoms with E-state index >= 15 is 0 Å². The van der Waals surface area contributed by atoms with Crippen molar-refractivity contribution in [2.45, 2.75) is 32.2 Å². The van der Waals surface area contributed by atoms with Crippen molar-refractivity contribution in [1.29, 1.82) is 0 Å². The largest absolute Gasteiger partial charge is 0.493 e. The molecule has 5 heteroatoms. The van der Waals surface area contributed by atoms with Crippen molar-refractivity contribution in [3.63, 3.8) is 0 Å². The third kappa shape index (κ3) is 2.94. The molecule has 1 aliphatic rings. The first-order valence-corrected chi connectivity index (χ1v) is 8.49. The lowest BCUT2D eigenvalue weighted by Gasteiger charge is -2.23. The second kappa shape index (κ2) is 6.15. The van der Waals surface area contributed by atoms with E-state index in [1.807, 2.05) is 36.1 Å². The van der Waals surface area contributed by atoms with E-state index in [2.05, 4.69) is 29.5 Å². The molecule has 0 amide bonds.